The molecule has 1 aliphatic heterocycles. The Morgan fingerprint density at radius 1 is 1.11 bits per heavy atom. The molecule has 0 aliphatic carbocycles. The lowest BCUT2D eigenvalue weighted by atomic mass is 9.96. The predicted octanol–water partition coefficient (Wildman–Crippen LogP) is 2.32. The molecule has 6 nitrogen and oxygen atoms in total. The Bertz CT molecular complexity index is 796. The van der Waals surface area contributed by atoms with Crippen molar-refractivity contribution in [2.45, 2.75) is 26.9 Å². The average molecular weight is 421 g/mol. The van der Waals surface area contributed by atoms with E-state index < -0.39 is 27.2 Å². The van der Waals surface area contributed by atoms with Gasteiger partial charge in [-0.25, -0.2) is 8.42 Å². The first-order chi connectivity index (χ1) is 12.8. The van der Waals surface area contributed by atoms with Crippen molar-refractivity contribution in [1.29, 1.82) is 0 Å². The fourth-order valence-corrected chi connectivity index (χ4v) is 4.13. The average Bonchev–Trinajstić information content (AvgIpc) is 2.60. The number of hydrogen-bond donors (Lipinski definition) is 1. The second kappa shape index (κ2) is 8.28. The van der Waals surface area contributed by atoms with E-state index in [1.54, 1.807) is 31.7 Å². The van der Waals surface area contributed by atoms with E-state index in [2.05, 4.69) is 5.32 Å². The second-order valence-electron chi connectivity index (χ2n) is 7.76. The number of alkyl halides is 3. The van der Waals surface area contributed by atoms with Crippen LogP contribution in [-0.2, 0) is 21.0 Å². The fraction of sp³-hybridized carbons (Fsp3) is 0.611. The minimum absolute atomic E-state index is 0.0201. The van der Waals surface area contributed by atoms with Crippen LogP contribution in [0.1, 0.15) is 26.3 Å². The zero-order chi connectivity index (χ0) is 21.2. The molecule has 1 heterocycles. The van der Waals surface area contributed by atoms with Crippen molar-refractivity contribution in [2.75, 3.05) is 43.4 Å². The molecule has 0 unspecified atom stereocenters. The van der Waals surface area contributed by atoms with Crippen LogP contribution in [0, 0.1) is 5.41 Å². The minimum Gasteiger partial charge on any atom is -0.369 e. The van der Waals surface area contributed by atoms with Crippen LogP contribution in [0.3, 0.4) is 0 Å². The Morgan fingerprint density at radius 3 is 2.25 bits per heavy atom. The van der Waals surface area contributed by atoms with Gasteiger partial charge in [0.1, 0.15) is 0 Å². The number of halogens is 3. The fourth-order valence-electron chi connectivity index (χ4n) is 2.79. The van der Waals surface area contributed by atoms with Gasteiger partial charge in [0, 0.05) is 43.8 Å². The van der Waals surface area contributed by atoms with Gasteiger partial charge in [-0.3, -0.25) is 4.79 Å². The number of rotatable bonds is 5. The Balaban J connectivity index is 1.91. The maximum atomic E-state index is 12.9. The molecule has 1 amide bonds. The van der Waals surface area contributed by atoms with Gasteiger partial charge in [-0.05, 0) is 18.2 Å². The number of carbonyl (C=O) groups excluding carboxylic acids is 1. The quantitative estimate of drug-likeness (QED) is 0.792. The third-order valence-corrected chi connectivity index (χ3v) is 6.37. The summed E-state index contributed by atoms with van der Waals surface area (Å²) in [6.07, 6.45) is -4.42. The molecule has 158 valence electrons. The number of carbonyl (C=O) groups is 1. The van der Waals surface area contributed by atoms with Crippen molar-refractivity contribution in [1.82, 2.24) is 9.62 Å². The van der Waals surface area contributed by atoms with Crippen molar-refractivity contribution < 1.29 is 26.4 Å². The SMILES string of the molecule is CC(C)(C)C(=O)NCCS(=O)(=O)N1CCN(c2cccc(C(F)(F)F)c2)CC1. The maximum absolute atomic E-state index is 12.9. The van der Waals surface area contributed by atoms with Crippen molar-refractivity contribution in [3.63, 3.8) is 0 Å². The molecule has 1 N–H and O–H groups in total. The van der Waals surface area contributed by atoms with Gasteiger partial charge < -0.3 is 10.2 Å². The first kappa shape index (κ1) is 22.5. The summed E-state index contributed by atoms with van der Waals surface area (Å²) < 4.78 is 64.8. The van der Waals surface area contributed by atoms with Crippen LogP contribution in [-0.4, -0.2) is 57.1 Å². The van der Waals surface area contributed by atoms with Gasteiger partial charge in [0.2, 0.25) is 15.9 Å². The Morgan fingerprint density at radius 2 is 1.71 bits per heavy atom. The molecule has 0 bridgehead atoms. The van der Waals surface area contributed by atoms with Crippen LogP contribution < -0.4 is 10.2 Å². The molecule has 1 aliphatic rings. The van der Waals surface area contributed by atoms with E-state index in [1.807, 2.05) is 0 Å². The molecule has 1 aromatic rings. The molecule has 0 spiro atoms. The molecular weight excluding hydrogens is 395 g/mol. The molecule has 1 fully saturated rings. The molecule has 0 aromatic heterocycles. The molecule has 1 saturated heterocycles. The van der Waals surface area contributed by atoms with Gasteiger partial charge in [-0.15, -0.1) is 0 Å². The van der Waals surface area contributed by atoms with Crippen molar-refractivity contribution in [3.05, 3.63) is 29.8 Å². The van der Waals surface area contributed by atoms with Crippen LogP contribution in [0.4, 0.5) is 18.9 Å². The van der Waals surface area contributed by atoms with Crippen LogP contribution in [0.2, 0.25) is 0 Å². The van der Waals surface area contributed by atoms with E-state index in [0.717, 1.165) is 12.1 Å². The van der Waals surface area contributed by atoms with Crippen molar-refractivity contribution >= 4 is 21.6 Å². The summed E-state index contributed by atoms with van der Waals surface area (Å²) in [5.74, 6) is -0.435. The first-order valence-electron chi connectivity index (χ1n) is 8.99. The Hall–Kier alpha value is -1.81. The first-order valence-corrected chi connectivity index (χ1v) is 10.6. The van der Waals surface area contributed by atoms with E-state index in [1.165, 1.54) is 10.4 Å². The zero-order valence-electron chi connectivity index (χ0n) is 16.2. The van der Waals surface area contributed by atoms with Gasteiger partial charge in [0.15, 0.2) is 0 Å². The summed E-state index contributed by atoms with van der Waals surface area (Å²) in [6, 6.07) is 5.02. The van der Waals surface area contributed by atoms with E-state index >= 15 is 0 Å². The topological polar surface area (TPSA) is 69.7 Å². The number of nitrogens with one attached hydrogen (secondary N) is 1. The normalized spacial score (nSPS) is 16.9. The highest BCUT2D eigenvalue weighted by molar-refractivity contribution is 7.89. The maximum Gasteiger partial charge on any atom is 0.416 e. The number of benzene rings is 1. The Labute approximate surface area is 163 Å². The number of amides is 1. The summed E-state index contributed by atoms with van der Waals surface area (Å²) in [5.41, 5.74) is -0.903. The second-order valence-corrected chi connectivity index (χ2v) is 9.84. The zero-order valence-corrected chi connectivity index (χ0v) is 17.0. The summed E-state index contributed by atoms with van der Waals surface area (Å²) in [6.45, 7) is 6.21. The molecule has 0 saturated carbocycles. The summed E-state index contributed by atoms with van der Waals surface area (Å²) in [4.78, 5) is 13.6. The molecule has 28 heavy (non-hydrogen) atoms. The van der Waals surface area contributed by atoms with Gasteiger partial charge >= 0.3 is 6.18 Å². The van der Waals surface area contributed by atoms with Crippen LogP contribution in [0.25, 0.3) is 0 Å². The van der Waals surface area contributed by atoms with Gasteiger partial charge in [0.25, 0.3) is 0 Å². The van der Waals surface area contributed by atoms with Crippen LogP contribution in [0.5, 0.6) is 0 Å². The summed E-state index contributed by atoms with van der Waals surface area (Å²) >= 11 is 0. The lowest BCUT2D eigenvalue weighted by molar-refractivity contribution is -0.137. The third kappa shape index (κ3) is 5.84. The molecule has 10 heteroatoms. The van der Waals surface area contributed by atoms with Gasteiger partial charge in [-0.2, -0.15) is 17.5 Å². The molecule has 1 aromatic carbocycles. The van der Waals surface area contributed by atoms with Crippen molar-refractivity contribution in [2.24, 2.45) is 5.41 Å². The lowest BCUT2D eigenvalue weighted by Crippen LogP contribution is -2.50. The van der Waals surface area contributed by atoms with Gasteiger partial charge in [-0.1, -0.05) is 26.8 Å². The monoisotopic (exact) mass is 421 g/mol. The van der Waals surface area contributed by atoms with E-state index in [-0.39, 0.29) is 31.3 Å². The number of hydrogen-bond acceptors (Lipinski definition) is 4. The molecule has 2 rings (SSSR count). The molecule has 0 atom stereocenters. The minimum atomic E-state index is -4.42. The van der Waals surface area contributed by atoms with E-state index in [0.29, 0.717) is 18.8 Å². The number of piperazine rings is 1. The van der Waals surface area contributed by atoms with Crippen molar-refractivity contribution in [3.8, 4) is 0 Å². The number of anilines is 1. The highest BCUT2D eigenvalue weighted by Gasteiger charge is 2.32. The molecule has 0 radical (unpaired) electrons. The predicted molar refractivity (Wildman–Crippen MR) is 101 cm³/mol. The summed E-state index contributed by atoms with van der Waals surface area (Å²) in [5, 5.41) is 2.61. The number of sulfonamides is 1. The number of nitrogens with zero attached hydrogens (tertiary/aromatic N) is 2. The van der Waals surface area contributed by atoms with Crippen LogP contribution >= 0.6 is 0 Å². The summed E-state index contributed by atoms with van der Waals surface area (Å²) in [7, 11) is -3.55. The van der Waals surface area contributed by atoms with Crippen LogP contribution in [0.15, 0.2) is 24.3 Å². The largest absolute Gasteiger partial charge is 0.416 e. The molecular formula is C18H26F3N3O3S. The van der Waals surface area contributed by atoms with Gasteiger partial charge in [0.05, 0.1) is 11.3 Å². The van der Waals surface area contributed by atoms with E-state index in [4.69, 9.17) is 0 Å². The highest BCUT2D eigenvalue weighted by atomic mass is 32.2. The highest BCUT2D eigenvalue weighted by Crippen LogP contribution is 2.32. The third-order valence-electron chi connectivity index (χ3n) is 4.50. The smallest absolute Gasteiger partial charge is 0.369 e. The standard InChI is InChI=1S/C18H26F3N3O3S/c1-17(2,3)16(25)22-7-12-28(26,27)24-10-8-23(9-11-24)15-6-4-5-14(13-15)18(19,20)21/h4-6,13H,7-12H2,1-3H3,(H,22,25). The van der Waals surface area contributed by atoms with E-state index in [9.17, 15) is 26.4 Å². The lowest BCUT2D eigenvalue weighted by Gasteiger charge is -2.35. The Kier molecular flexibility index (Phi) is 6.65.